The van der Waals surface area contributed by atoms with Crippen LogP contribution in [0.3, 0.4) is 0 Å². The Labute approximate surface area is 181 Å². The molecule has 0 bridgehead atoms. The van der Waals surface area contributed by atoms with Gasteiger partial charge in [0.15, 0.2) is 0 Å². The lowest BCUT2D eigenvalue weighted by Crippen LogP contribution is -2.43. The lowest BCUT2D eigenvalue weighted by atomic mass is 10.0. The largest absolute Gasteiger partial charge is 0.395 e. The van der Waals surface area contributed by atoms with Crippen molar-refractivity contribution >= 4 is 33.4 Å². The van der Waals surface area contributed by atoms with Crippen molar-refractivity contribution in [2.24, 2.45) is 5.92 Å². The van der Waals surface area contributed by atoms with Gasteiger partial charge in [-0.2, -0.15) is 4.31 Å². The highest BCUT2D eigenvalue weighted by molar-refractivity contribution is 7.89. The van der Waals surface area contributed by atoms with Gasteiger partial charge in [-0.25, -0.2) is 8.42 Å². The fraction of sp³-hybridized carbons (Fsp3) is 0.333. The van der Waals surface area contributed by atoms with E-state index in [9.17, 15) is 23.6 Å². The predicted octanol–water partition coefficient (Wildman–Crippen LogP) is 4.36. The fourth-order valence-corrected chi connectivity index (χ4v) is 4.80. The van der Waals surface area contributed by atoms with Gasteiger partial charge in [-0.15, -0.1) is 0 Å². The van der Waals surface area contributed by atoms with Gasteiger partial charge in [0.25, 0.3) is 5.69 Å². The molecule has 0 saturated carbocycles. The van der Waals surface area contributed by atoms with Crippen molar-refractivity contribution in [3.05, 3.63) is 75.3 Å². The molecule has 30 heavy (non-hydrogen) atoms. The number of para-hydroxylation sites is 1. The van der Waals surface area contributed by atoms with E-state index in [0.717, 1.165) is 0 Å². The molecular formula is C21H25ClN2O5S. The third-order valence-corrected chi connectivity index (χ3v) is 6.68. The summed E-state index contributed by atoms with van der Waals surface area (Å²) in [6.45, 7) is 3.50. The van der Waals surface area contributed by atoms with E-state index >= 15 is 0 Å². The summed E-state index contributed by atoms with van der Waals surface area (Å²) in [5.41, 5.74) is 0.303. The van der Waals surface area contributed by atoms with Crippen molar-refractivity contribution in [3.8, 4) is 0 Å². The molecule has 0 radical (unpaired) electrons. The van der Waals surface area contributed by atoms with Crippen molar-refractivity contribution in [1.82, 2.24) is 4.31 Å². The number of hydrogen-bond acceptors (Lipinski definition) is 5. The number of nitro benzene ring substituents is 1. The Balaban J connectivity index is 2.39. The molecule has 7 nitrogen and oxygen atoms in total. The van der Waals surface area contributed by atoms with Crippen LogP contribution in [0.25, 0.3) is 6.08 Å². The average molecular weight is 453 g/mol. The molecule has 0 aliphatic carbocycles. The number of aliphatic hydroxyl groups is 1. The summed E-state index contributed by atoms with van der Waals surface area (Å²) in [5, 5.41) is 21.5. The first-order valence-electron chi connectivity index (χ1n) is 9.45. The fourth-order valence-electron chi connectivity index (χ4n) is 3.09. The van der Waals surface area contributed by atoms with Gasteiger partial charge in [0, 0.05) is 23.7 Å². The number of hydrogen-bond donors (Lipinski definition) is 1. The summed E-state index contributed by atoms with van der Waals surface area (Å²) in [7, 11) is -3.93. The molecule has 1 atom stereocenters. The van der Waals surface area contributed by atoms with E-state index < -0.39 is 21.0 Å². The zero-order chi connectivity index (χ0) is 22.3. The van der Waals surface area contributed by atoms with Crippen LogP contribution < -0.4 is 0 Å². The molecular weight excluding hydrogens is 428 g/mol. The van der Waals surface area contributed by atoms with Crippen LogP contribution in [0.5, 0.6) is 0 Å². The SMILES string of the molecule is CC(C)C[C@H](CO)N(C/C=C/c1ccccc1[N+](=O)[O-])S(=O)(=O)c1ccc(Cl)cc1. The first-order valence-corrected chi connectivity index (χ1v) is 11.3. The second kappa shape index (κ2) is 10.7. The molecule has 2 aromatic rings. The Morgan fingerprint density at radius 3 is 2.37 bits per heavy atom. The molecule has 9 heteroatoms. The lowest BCUT2D eigenvalue weighted by Gasteiger charge is -2.30. The molecule has 0 fully saturated rings. The maximum absolute atomic E-state index is 13.3. The van der Waals surface area contributed by atoms with Gasteiger partial charge < -0.3 is 5.11 Å². The highest BCUT2D eigenvalue weighted by Crippen LogP contribution is 2.24. The number of benzene rings is 2. The summed E-state index contributed by atoms with van der Waals surface area (Å²) < 4.78 is 27.8. The summed E-state index contributed by atoms with van der Waals surface area (Å²) >= 11 is 5.88. The van der Waals surface area contributed by atoms with Crippen LogP contribution >= 0.6 is 11.6 Å². The molecule has 0 aliphatic rings. The van der Waals surface area contributed by atoms with Crippen LogP contribution in [0.2, 0.25) is 5.02 Å². The minimum atomic E-state index is -3.93. The monoisotopic (exact) mass is 452 g/mol. The number of nitrogens with zero attached hydrogens (tertiary/aromatic N) is 2. The standard InChI is InChI=1S/C21H25ClN2O5S/c1-16(2)14-19(15-25)23(30(28,29)20-11-9-18(22)10-12-20)13-5-7-17-6-3-4-8-21(17)24(26)27/h3-12,16,19,25H,13-15H2,1-2H3/b7-5+/t19-/m1/s1. The minimum Gasteiger partial charge on any atom is -0.395 e. The first-order chi connectivity index (χ1) is 14.2. The molecule has 1 N–H and O–H groups in total. The maximum Gasteiger partial charge on any atom is 0.276 e. The molecule has 0 spiro atoms. The third kappa shape index (κ3) is 6.12. The Kier molecular flexibility index (Phi) is 8.54. The second-order valence-corrected chi connectivity index (χ2v) is 9.54. The van der Waals surface area contributed by atoms with Crippen LogP contribution in [0.1, 0.15) is 25.8 Å². The Bertz CT molecular complexity index is 991. The van der Waals surface area contributed by atoms with Crippen molar-refractivity contribution in [1.29, 1.82) is 0 Å². The van der Waals surface area contributed by atoms with Crippen molar-refractivity contribution in [2.75, 3.05) is 13.2 Å². The van der Waals surface area contributed by atoms with E-state index in [1.807, 2.05) is 13.8 Å². The van der Waals surface area contributed by atoms with Crippen LogP contribution in [-0.4, -0.2) is 41.9 Å². The summed E-state index contributed by atoms with van der Waals surface area (Å²) in [5.74, 6) is 0.157. The Morgan fingerprint density at radius 2 is 1.80 bits per heavy atom. The number of sulfonamides is 1. The van der Waals surface area contributed by atoms with Gasteiger partial charge in [0.1, 0.15) is 0 Å². The second-order valence-electron chi connectivity index (χ2n) is 7.21. The van der Waals surface area contributed by atoms with Crippen LogP contribution in [0.15, 0.2) is 59.5 Å². The van der Waals surface area contributed by atoms with E-state index in [-0.39, 0.29) is 29.7 Å². The molecule has 162 valence electrons. The van der Waals surface area contributed by atoms with E-state index in [4.69, 9.17) is 11.6 Å². The predicted molar refractivity (Wildman–Crippen MR) is 118 cm³/mol. The molecule has 0 heterocycles. The topological polar surface area (TPSA) is 101 Å². The average Bonchev–Trinajstić information content (AvgIpc) is 2.70. The Hall–Kier alpha value is -2.26. The number of halogens is 1. The third-order valence-electron chi connectivity index (χ3n) is 4.50. The van der Waals surface area contributed by atoms with E-state index in [2.05, 4.69) is 0 Å². The van der Waals surface area contributed by atoms with E-state index in [0.29, 0.717) is 17.0 Å². The first kappa shape index (κ1) is 24.0. The molecule has 2 rings (SSSR count). The molecule has 0 unspecified atom stereocenters. The Morgan fingerprint density at radius 1 is 1.17 bits per heavy atom. The number of rotatable bonds is 10. The highest BCUT2D eigenvalue weighted by atomic mass is 35.5. The van der Waals surface area contributed by atoms with Gasteiger partial charge in [0.05, 0.1) is 22.0 Å². The molecule has 2 aromatic carbocycles. The van der Waals surface area contributed by atoms with Crippen molar-refractivity contribution < 1.29 is 18.4 Å². The maximum atomic E-state index is 13.3. The van der Waals surface area contributed by atoms with E-state index in [1.54, 1.807) is 24.3 Å². The van der Waals surface area contributed by atoms with Gasteiger partial charge in [-0.3, -0.25) is 10.1 Å². The zero-order valence-corrected chi connectivity index (χ0v) is 18.4. The van der Waals surface area contributed by atoms with Crippen LogP contribution in [-0.2, 0) is 10.0 Å². The van der Waals surface area contributed by atoms with Crippen molar-refractivity contribution in [3.63, 3.8) is 0 Å². The summed E-state index contributed by atoms with van der Waals surface area (Å²) in [6, 6.07) is 11.4. The minimum absolute atomic E-state index is 0.0467. The van der Waals surface area contributed by atoms with Gasteiger partial charge in [-0.05, 0) is 42.7 Å². The molecule has 0 saturated heterocycles. The number of nitro groups is 1. The normalized spacial score (nSPS) is 13.3. The highest BCUT2D eigenvalue weighted by Gasteiger charge is 2.30. The van der Waals surface area contributed by atoms with E-state index in [1.165, 1.54) is 40.7 Å². The smallest absolute Gasteiger partial charge is 0.276 e. The summed E-state index contributed by atoms with van der Waals surface area (Å²) in [4.78, 5) is 10.8. The lowest BCUT2D eigenvalue weighted by molar-refractivity contribution is -0.385. The van der Waals surface area contributed by atoms with Crippen LogP contribution in [0.4, 0.5) is 5.69 Å². The zero-order valence-electron chi connectivity index (χ0n) is 16.8. The van der Waals surface area contributed by atoms with Crippen LogP contribution in [0, 0.1) is 16.0 Å². The van der Waals surface area contributed by atoms with Crippen molar-refractivity contribution in [2.45, 2.75) is 31.2 Å². The molecule has 0 aliphatic heterocycles. The quantitative estimate of drug-likeness (QED) is 0.426. The van der Waals surface area contributed by atoms with Gasteiger partial charge in [0.2, 0.25) is 10.0 Å². The molecule has 0 aromatic heterocycles. The molecule has 0 amide bonds. The van der Waals surface area contributed by atoms with Gasteiger partial charge in [-0.1, -0.05) is 49.7 Å². The van der Waals surface area contributed by atoms with Gasteiger partial charge >= 0.3 is 0 Å². The summed E-state index contributed by atoms with van der Waals surface area (Å²) in [6.07, 6.45) is 3.54. The number of aliphatic hydroxyl groups excluding tert-OH is 1.